The van der Waals surface area contributed by atoms with Crippen LogP contribution in [-0.2, 0) is 14.8 Å². The van der Waals surface area contributed by atoms with E-state index in [9.17, 15) is 13.2 Å². The van der Waals surface area contributed by atoms with Gasteiger partial charge in [0.2, 0.25) is 10.0 Å². The Labute approximate surface area is 128 Å². The maximum atomic E-state index is 12.9. The molecule has 1 aromatic carbocycles. The number of nitrogens with zero attached hydrogens (tertiary/aromatic N) is 1. The van der Waals surface area contributed by atoms with E-state index in [1.807, 2.05) is 13.0 Å². The van der Waals surface area contributed by atoms with Crippen LogP contribution in [0.4, 0.5) is 0 Å². The third-order valence-corrected chi connectivity index (χ3v) is 5.71. The minimum Gasteiger partial charge on any atom is -0.379 e. The fraction of sp³-hybridized carbons (Fsp3) is 0.357. The molecule has 0 radical (unpaired) electrons. The summed E-state index contributed by atoms with van der Waals surface area (Å²) in [6.45, 7) is 3.07. The van der Waals surface area contributed by atoms with E-state index in [0.717, 1.165) is 5.56 Å². The van der Waals surface area contributed by atoms with E-state index in [1.165, 1.54) is 4.31 Å². The van der Waals surface area contributed by atoms with Crippen LogP contribution in [0.15, 0.2) is 23.1 Å². The second-order valence-electron chi connectivity index (χ2n) is 5.26. The predicted octanol–water partition coefficient (Wildman–Crippen LogP) is 0.596. The lowest BCUT2D eigenvalue weighted by Gasteiger charge is -2.26. The summed E-state index contributed by atoms with van der Waals surface area (Å²) in [6, 6.07) is 5.33. The van der Waals surface area contributed by atoms with Crippen molar-refractivity contribution in [3.05, 3.63) is 29.5 Å². The Bertz CT molecular complexity index is 835. The second kappa shape index (κ2) is 5.38. The Morgan fingerprint density at radius 1 is 1.32 bits per heavy atom. The molecule has 8 heteroatoms. The normalized spacial score (nSPS) is 17.0. The molecule has 1 aliphatic rings. The highest BCUT2D eigenvalue weighted by atomic mass is 32.2. The molecule has 7 nitrogen and oxygen atoms in total. The van der Waals surface area contributed by atoms with Crippen molar-refractivity contribution in [2.24, 2.45) is 5.73 Å². The van der Waals surface area contributed by atoms with Crippen molar-refractivity contribution in [2.75, 3.05) is 26.3 Å². The molecule has 1 aliphatic heterocycles. The first-order valence-corrected chi connectivity index (χ1v) is 8.35. The Morgan fingerprint density at radius 3 is 2.64 bits per heavy atom. The molecule has 1 fully saturated rings. The number of carbonyl (C=O) groups is 1. The van der Waals surface area contributed by atoms with Gasteiger partial charge in [-0.2, -0.15) is 4.31 Å². The number of carbonyl (C=O) groups excluding carboxylic acids is 1. The highest BCUT2D eigenvalue weighted by molar-refractivity contribution is 7.89. The highest BCUT2D eigenvalue weighted by Gasteiger charge is 2.33. The Hall–Kier alpha value is -1.90. The molecule has 2 aromatic rings. The molecule has 0 aliphatic carbocycles. The van der Waals surface area contributed by atoms with Crippen LogP contribution in [0.25, 0.3) is 10.9 Å². The lowest BCUT2D eigenvalue weighted by atomic mass is 10.2. The van der Waals surface area contributed by atoms with Crippen molar-refractivity contribution in [2.45, 2.75) is 11.8 Å². The topological polar surface area (TPSA) is 105 Å². The van der Waals surface area contributed by atoms with Crippen molar-refractivity contribution in [1.82, 2.24) is 9.29 Å². The van der Waals surface area contributed by atoms with Gasteiger partial charge in [-0.05, 0) is 19.1 Å². The Kier molecular flexibility index (Phi) is 3.67. The number of amides is 1. The first-order chi connectivity index (χ1) is 10.4. The van der Waals surface area contributed by atoms with Crippen LogP contribution >= 0.6 is 0 Å². The monoisotopic (exact) mass is 323 g/mol. The van der Waals surface area contributed by atoms with Gasteiger partial charge in [-0.3, -0.25) is 4.79 Å². The lowest BCUT2D eigenvalue weighted by molar-refractivity contribution is 0.0730. The summed E-state index contributed by atoms with van der Waals surface area (Å²) < 4.78 is 32.4. The van der Waals surface area contributed by atoms with Gasteiger partial charge in [0.05, 0.1) is 13.2 Å². The molecule has 3 rings (SSSR count). The molecule has 0 atom stereocenters. The van der Waals surface area contributed by atoms with E-state index in [0.29, 0.717) is 24.1 Å². The van der Waals surface area contributed by atoms with Gasteiger partial charge in [-0.15, -0.1) is 0 Å². The summed E-state index contributed by atoms with van der Waals surface area (Å²) in [5.41, 5.74) is 6.77. The van der Waals surface area contributed by atoms with Crippen LogP contribution in [0, 0.1) is 6.92 Å². The number of primary amides is 1. The summed E-state index contributed by atoms with van der Waals surface area (Å²) in [4.78, 5) is 14.5. The fourth-order valence-electron chi connectivity index (χ4n) is 2.64. The van der Waals surface area contributed by atoms with Gasteiger partial charge in [0.1, 0.15) is 10.6 Å². The fourth-order valence-corrected chi connectivity index (χ4v) is 4.38. The Balaban J connectivity index is 2.25. The molecule has 22 heavy (non-hydrogen) atoms. The predicted molar refractivity (Wildman–Crippen MR) is 81.1 cm³/mol. The van der Waals surface area contributed by atoms with Crippen molar-refractivity contribution in [3.63, 3.8) is 0 Å². The average Bonchev–Trinajstić information content (AvgIpc) is 2.87. The van der Waals surface area contributed by atoms with Crippen LogP contribution in [0.3, 0.4) is 0 Å². The number of fused-ring (bicyclic) bond motifs is 1. The standard InChI is InChI=1S/C14H17N3O4S/c1-9-2-3-11-10(8-9)13(12(16-11)14(15)18)22(19,20)17-4-6-21-7-5-17/h2-3,8,16H,4-7H2,1H3,(H2,15,18). The molecule has 0 spiro atoms. The molecule has 2 heterocycles. The van der Waals surface area contributed by atoms with Gasteiger partial charge in [-0.1, -0.05) is 11.6 Å². The van der Waals surface area contributed by atoms with Crippen molar-refractivity contribution in [3.8, 4) is 0 Å². The molecule has 1 aromatic heterocycles. The van der Waals surface area contributed by atoms with E-state index in [1.54, 1.807) is 12.1 Å². The molecule has 1 amide bonds. The largest absolute Gasteiger partial charge is 0.379 e. The number of ether oxygens (including phenoxy) is 1. The van der Waals surface area contributed by atoms with E-state index in [2.05, 4.69) is 4.98 Å². The lowest BCUT2D eigenvalue weighted by Crippen LogP contribution is -2.41. The van der Waals surface area contributed by atoms with Gasteiger partial charge >= 0.3 is 0 Å². The minimum atomic E-state index is -3.82. The minimum absolute atomic E-state index is 0.0411. The maximum absolute atomic E-state index is 12.9. The van der Waals surface area contributed by atoms with E-state index >= 15 is 0 Å². The molecular weight excluding hydrogens is 306 g/mol. The van der Waals surface area contributed by atoms with Crippen LogP contribution in [-0.4, -0.2) is 49.9 Å². The second-order valence-corrected chi connectivity index (χ2v) is 7.13. The maximum Gasteiger partial charge on any atom is 0.266 e. The zero-order valence-electron chi connectivity index (χ0n) is 12.1. The molecule has 118 valence electrons. The van der Waals surface area contributed by atoms with Gasteiger partial charge in [0, 0.05) is 24.0 Å². The molecule has 1 saturated heterocycles. The molecule has 3 N–H and O–H groups in total. The first-order valence-electron chi connectivity index (χ1n) is 6.91. The smallest absolute Gasteiger partial charge is 0.266 e. The molecular formula is C14H17N3O4S. The number of hydrogen-bond acceptors (Lipinski definition) is 4. The number of nitrogens with one attached hydrogen (secondary N) is 1. The number of hydrogen-bond donors (Lipinski definition) is 2. The number of rotatable bonds is 3. The number of aromatic nitrogens is 1. The summed E-state index contributed by atoms with van der Waals surface area (Å²) in [6.07, 6.45) is 0. The highest BCUT2D eigenvalue weighted by Crippen LogP contribution is 2.30. The molecule has 0 unspecified atom stereocenters. The van der Waals surface area contributed by atoms with Crippen molar-refractivity contribution in [1.29, 1.82) is 0 Å². The first kappa shape index (κ1) is 15.0. The number of nitrogens with two attached hydrogens (primary N) is 1. The van der Waals surface area contributed by atoms with Gasteiger partial charge in [0.25, 0.3) is 5.91 Å². The summed E-state index contributed by atoms with van der Waals surface area (Å²) in [7, 11) is -3.82. The van der Waals surface area contributed by atoms with E-state index in [-0.39, 0.29) is 23.7 Å². The number of aromatic amines is 1. The third-order valence-electron chi connectivity index (χ3n) is 3.72. The van der Waals surface area contributed by atoms with Crippen LogP contribution < -0.4 is 5.73 Å². The van der Waals surface area contributed by atoms with Crippen molar-refractivity contribution >= 4 is 26.8 Å². The summed E-state index contributed by atoms with van der Waals surface area (Å²) >= 11 is 0. The third kappa shape index (κ3) is 2.39. The molecule has 0 saturated carbocycles. The SMILES string of the molecule is Cc1ccc2[nH]c(C(N)=O)c(S(=O)(=O)N3CCOCC3)c2c1. The van der Waals surface area contributed by atoms with E-state index in [4.69, 9.17) is 10.5 Å². The Morgan fingerprint density at radius 2 is 2.00 bits per heavy atom. The van der Waals surface area contributed by atoms with Crippen LogP contribution in [0.2, 0.25) is 0 Å². The average molecular weight is 323 g/mol. The zero-order valence-corrected chi connectivity index (χ0v) is 12.9. The number of aryl methyl sites for hydroxylation is 1. The van der Waals surface area contributed by atoms with Gasteiger partial charge in [0.15, 0.2) is 0 Å². The number of morpholine rings is 1. The van der Waals surface area contributed by atoms with Crippen LogP contribution in [0.5, 0.6) is 0 Å². The quantitative estimate of drug-likeness (QED) is 0.862. The van der Waals surface area contributed by atoms with Gasteiger partial charge < -0.3 is 15.5 Å². The van der Waals surface area contributed by atoms with E-state index < -0.39 is 15.9 Å². The number of sulfonamides is 1. The number of H-pyrrole nitrogens is 1. The summed E-state index contributed by atoms with van der Waals surface area (Å²) in [5.74, 6) is -0.791. The van der Waals surface area contributed by atoms with Crippen LogP contribution in [0.1, 0.15) is 16.1 Å². The number of benzene rings is 1. The van der Waals surface area contributed by atoms with Gasteiger partial charge in [-0.25, -0.2) is 8.42 Å². The zero-order chi connectivity index (χ0) is 15.9. The van der Waals surface area contributed by atoms with Crippen molar-refractivity contribution < 1.29 is 17.9 Å². The summed E-state index contributed by atoms with van der Waals surface area (Å²) in [5, 5.41) is 0.486. The molecule has 0 bridgehead atoms.